The second kappa shape index (κ2) is 9.33. The molecule has 1 aromatic rings. The maximum Gasteiger partial charge on any atom is 0.204 e. The van der Waals surface area contributed by atoms with Crippen LogP contribution in [0.25, 0.3) is 0 Å². The van der Waals surface area contributed by atoms with Gasteiger partial charge in [0, 0.05) is 20.3 Å². The van der Waals surface area contributed by atoms with E-state index < -0.39 is 0 Å². The van der Waals surface area contributed by atoms with Gasteiger partial charge in [-0.1, -0.05) is 6.92 Å². The van der Waals surface area contributed by atoms with E-state index in [-0.39, 0.29) is 12.6 Å². The van der Waals surface area contributed by atoms with Crippen molar-refractivity contribution in [3.63, 3.8) is 0 Å². The van der Waals surface area contributed by atoms with E-state index in [4.69, 9.17) is 14.6 Å². The van der Waals surface area contributed by atoms with Gasteiger partial charge in [-0.25, -0.2) is 9.97 Å². The van der Waals surface area contributed by atoms with E-state index in [0.717, 1.165) is 13.0 Å². The molecule has 1 heterocycles. The summed E-state index contributed by atoms with van der Waals surface area (Å²) in [5.41, 5.74) is 0. The van der Waals surface area contributed by atoms with Crippen LogP contribution < -0.4 is 15.4 Å². The van der Waals surface area contributed by atoms with Crippen LogP contribution >= 0.6 is 0 Å². The summed E-state index contributed by atoms with van der Waals surface area (Å²) in [6.45, 7) is 3.45. The Morgan fingerprint density at radius 2 is 2.05 bits per heavy atom. The second-order valence-electron chi connectivity index (χ2n) is 4.34. The minimum atomic E-state index is -0.0344. The summed E-state index contributed by atoms with van der Waals surface area (Å²) in [6, 6.07) is -0.0344. The normalized spacial score (nSPS) is 12.0. The van der Waals surface area contributed by atoms with Crippen LogP contribution in [-0.4, -0.2) is 55.1 Å². The van der Waals surface area contributed by atoms with Crippen molar-refractivity contribution in [3.05, 3.63) is 6.33 Å². The van der Waals surface area contributed by atoms with Crippen molar-refractivity contribution >= 4 is 11.6 Å². The molecular formula is C13H24N4O3. The number of hydrogen-bond acceptors (Lipinski definition) is 7. The zero-order valence-corrected chi connectivity index (χ0v) is 12.3. The van der Waals surface area contributed by atoms with E-state index in [1.54, 1.807) is 14.2 Å². The molecule has 0 aromatic carbocycles. The van der Waals surface area contributed by atoms with Crippen LogP contribution in [-0.2, 0) is 4.74 Å². The van der Waals surface area contributed by atoms with Gasteiger partial charge in [0.05, 0.1) is 19.8 Å². The summed E-state index contributed by atoms with van der Waals surface area (Å²) in [5.74, 6) is 1.82. The molecule has 0 aliphatic heterocycles. The highest BCUT2D eigenvalue weighted by molar-refractivity contribution is 5.63. The Bertz CT molecular complexity index is 384. The Balaban J connectivity index is 2.86. The first-order chi connectivity index (χ1) is 9.76. The maximum atomic E-state index is 9.07. The topological polar surface area (TPSA) is 88.5 Å². The first-order valence-corrected chi connectivity index (χ1v) is 6.75. The number of hydrogen-bond donors (Lipinski definition) is 3. The van der Waals surface area contributed by atoms with Gasteiger partial charge in [-0.3, -0.25) is 0 Å². The fourth-order valence-electron chi connectivity index (χ4n) is 1.79. The number of methoxy groups -OCH3 is 2. The summed E-state index contributed by atoms with van der Waals surface area (Å²) in [6.07, 6.45) is 3.04. The maximum absolute atomic E-state index is 9.07. The van der Waals surface area contributed by atoms with Crippen molar-refractivity contribution in [2.75, 3.05) is 44.6 Å². The predicted octanol–water partition coefficient (Wildman–Crippen LogP) is 1.12. The summed E-state index contributed by atoms with van der Waals surface area (Å²) < 4.78 is 10.5. The molecule has 1 atom stereocenters. The van der Waals surface area contributed by atoms with Crippen LogP contribution in [0.5, 0.6) is 5.75 Å². The minimum Gasteiger partial charge on any atom is -0.490 e. The Morgan fingerprint density at radius 1 is 1.30 bits per heavy atom. The number of aliphatic hydroxyl groups excluding tert-OH is 1. The van der Waals surface area contributed by atoms with Crippen molar-refractivity contribution in [1.82, 2.24) is 9.97 Å². The zero-order valence-electron chi connectivity index (χ0n) is 12.3. The molecule has 3 N–H and O–H groups in total. The van der Waals surface area contributed by atoms with Gasteiger partial charge in [0.1, 0.15) is 6.33 Å². The highest BCUT2D eigenvalue weighted by Gasteiger charge is 2.15. The molecular weight excluding hydrogens is 260 g/mol. The highest BCUT2D eigenvalue weighted by Crippen LogP contribution is 2.29. The van der Waals surface area contributed by atoms with Gasteiger partial charge in [0.15, 0.2) is 11.6 Å². The Morgan fingerprint density at radius 3 is 2.65 bits per heavy atom. The molecule has 7 nitrogen and oxygen atoms in total. The number of nitrogens with one attached hydrogen (secondary N) is 2. The van der Waals surface area contributed by atoms with Gasteiger partial charge in [-0.2, -0.15) is 0 Å². The summed E-state index contributed by atoms with van der Waals surface area (Å²) in [4.78, 5) is 8.38. The average Bonchev–Trinajstić information content (AvgIpc) is 2.45. The SMILES string of the molecule is CCCNc1ncnc(NC(CCO)COC)c1OC. The molecule has 0 saturated heterocycles. The molecule has 7 heteroatoms. The van der Waals surface area contributed by atoms with Gasteiger partial charge >= 0.3 is 0 Å². The molecule has 0 saturated carbocycles. The Kier molecular flexibility index (Phi) is 7.67. The number of nitrogens with zero attached hydrogens (tertiary/aromatic N) is 2. The highest BCUT2D eigenvalue weighted by atomic mass is 16.5. The average molecular weight is 284 g/mol. The second-order valence-corrected chi connectivity index (χ2v) is 4.34. The largest absolute Gasteiger partial charge is 0.490 e. The molecule has 0 fully saturated rings. The third-order valence-corrected chi connectivity index (χ3v) is 2.74. The first-order valence-electron chi connectivity index (χ1n) is 6.75. The Hall–Kier alpha value is -1.60. The van der Waals surface area contributed by atoms with E-state index in [1.165, 1.54) is 6.33 Å². The van der Waals surface area contributed by atoms with Gasteiger partial charge in [0.25, 0.3) is 0 Å². The smallest absolute Gasteiger partial charge is 0.204 e. The third-order valence-electron chi connectivity index (χ3n) is 2.74. The summed E-state index contributed by atoms with van der Waals surface area (Å²) in [7, 11) is 3.20. The molecule has 20 heavy (non-hydrogen) atoms. The fourth-order valence-corrected chi connectivity index (χ4v) is 1.79. The van der Waals surface area contributed by atoms with E-state index in [2.05, 4.69) is 27.5 Å². The van der Waals surface area contributed by atoms with Gasteiger partial charge in [0.2, 0.25) is 5.75 Å². The van der Waals surface area contributed by atoms with E-state index in [9.17, 15) is 0 Å². The van der Waals surface area contributed by atoms with Crippen molar-refractivity contribution in [2.45, 2.75) is 25.8 Å². The van der Waals surface area contributed by atoms with Crippen LogP contribution in [0.15, 0.2) is 6.33 Å². The number of anilines is 2. The van der Waals surface area contributed by atoms with Crippen molar-refractivity contribution < 1.29 is 14.6 Å². The standard InChI is InChI=1S/C13H24N4O3/c1-4-6-14-12-11(20-3)13(16-9-15-12)17-10(5-7-18)8-19-2/h9-10,18H,4-8H2,1-3H3,(H2,14,15,16,17). The van der Waals surface area contributed by atoms with E-state index in [0.29, 0.717) is 30.4 Å². The molecule has 1 rings (SSSR count). The molecule has 0 aliphatic carbocycles. The summed E-state index contributed by atoms with van der Waals surface area (Å²) in [5, 5.41) is 15.5. The number of aromatic nitrogens is 2. The Labute approximate surface area is 119 Å². The fraction of sp³-hybridized carbons (Fsp3) is 0.692. The lowest BCUT2D eigenvalue weighted by Gasteiger charge is -2.20. The zero-order chi connectivity index (χ0) is 14.8. The lowest BCUT2D eigenvalue weighted by molar-refractivity contribution is 0.170. The molecule has 0 amide bonds. The van der Waals surface area contributed by atoms with Crippen molar-refractivity contribution in [1.29, 1.82) is 0 Å². The van der Waals surface area contributed by atoms with Crippen LogP contribution in [0.3, 0.4) is 0 Å². The van der Waals surface area contributed by atoms with Gasteiger partial charge < -0.3 is 25.2 Å². The molecule has 0 aliphatic rings. The number of aliphatic hydroxyl groups is 1. The minimum absolute atomic E-state index is 0.0344. The lowest BCUT2D eigenvalue weighted by atomic mass is 10.2. The van der Waals surface area contributed by atoms with E-state index >= 15 is 0 Å². The van der Waals surface area contributed by atoms with Crippen molar-refractivity contribution in [2.24, 2.45) is 0 Å². The number of ether oxygens (including phenoxy) is 2. The molecule has 0 radical (unpaired) electrons. The predicted molar refractivity (Wildman–Crippen MR) is 78.4 cm³/mol. The first kappa shape index (κ1) is 16.5. The van der Waals surface area contributed by atoms with Crippen LogP contribution in [0.4, 0.5) is 11.6 Å². The molecule has 0 spiro atoms. The van der Waals surface area contributed by atoms with Crippen LogP contribution in [0.1, 0.15) is 19.8 Å². The van der Waals surface area contributed by atoms with Gasteiger partial charge in [-0.05, 0) is 12.8 Å². The molecule has 1 aromatic heterocycles. The van der Waals surface area contributed by atoms with E-state index in [1.807, 2.05) is 0 Å². The van der Waals surface area contributed by atoms with Gasteiger partial charge in [-0.15, -0.1) is 0 Å². The number of rotatable bonds is 10. The summed E-state index contributed by atoms with van der Waals surface area (Å²) >= 11 is 0. The quantitative estimate of drug-likeness (QED) is 0.593. The van der Waals surface area contributed by atoms with Crippen LogP contribution in [0.2, 0.25) is 0 Å². The molecule has 1 unspecified atom stereocenters. The monoisotopic (exact) mass is 284 g/mol. The van der Waals surface area contributed by atoms with Crippen molar-refractivity contribution in [3.8, 4) is 5.75 Å². The third kappa shape index (κ3) is 4.82. The lowest BCUT2D eigenvalue weighted by Crippen LogP contribution is -2.27. The molecule has 114 valence electrons. The van der Waals surface area contributed by atoms with Crippen LogP contribution in [0, 0.1) is 0 Å². The molecule has 0 bridgehead atoms.